The normalized spacial score (nSPS) is 11.9. The summed E-state index contributed by atoms with van der Waals surface area (Å²) < 4.78 is 9.98. The Hall–Kier alpha value is -1.82. The molecule has 0 spiro atoms. The number of methoxy groups -OCH3 is 1. The van der Waals surface area contributed by atoms with E-state index >= 15 is 0 Å². The number of esters is 1. The number of hydrogen-bond donors (Lipinski definition) is 2. The second kappa shape index (κ2) is 7.58. The average Bonchev–Trinajstić information content (AvgIpc) is 2.38. The number of nitrogens with zero attached hydrogens (tertiary/aromatic N) is 1. The van der Waals surface area contributed by atoms with Crippen LogP contribution in [0.2, 0.25) is 0 Å². The van der Waals surface area contributed by atoms with Crippen LogP contribution in [0.25, 0.3) is 0 Å². The standard InChI is InChI=1S/C13H21N3O3/c1-4-19-13(17)10-5-6-15-12(11(10)14)16-7-9(2)8-18-3/h5-6,9H,4,7-8,14H2,1-3H3,(H,15,16). The molecule has 0 aliphatic rings. The quantitative estimate of drug-likeness (QED) is 0.729. The zero-order valence-electron chi connectivity index (χ0n) is 11.6. The van der Waals surface area contributed by atoms with Gasteiger partial charge in [-0.3, -0.25) is 0 Å². The molecular formula is C13H21N3O3. The van der Waals surface area contributed by atoms with Crippen molar-refractivity contribution >= 4 is 17.5 Å². The van der Waals surface area contributed by atoms with Crippen LogP contribution in [0.1, 0.15) is 24.2 Å². The van der Waals surface area contributed by atoms with E-state index < -0.39 is 5.97 Å². The molecule has 106 valence electrons. The highest BCUT2D eigenvalue weighted by molar-refractivity contribution is 5.97. The Morgan fingerprint density at radius 1 is 1.58 bits per heavy atom. The molecule has 0 fully saturated rings. The first-order valence-electron chi connectivity index (χ1n) is 6.24. The second-order valence-corrected chi connectivity index (χ2v) is 4.28. The van der Waals surface area contributed by atoms with Gasteiger partial charge >= 0.3 is 5.97 Å². The molecule has 0 saturated heterocycles. The first-order chi connectivity index (χ1) is 9.10. The summed E-state index contributed by atoms with van der Waals surface area (Å²) in [5.74, 6) is 0.376. The van der Waals surface area contributed by atoms with E-state index in [9.17, 15) is 4.79 Å². The first kappa shape index (κ1) is 15.2. The van der Waals surface area contributed by atoms with E-state index in [2.05, 4.69) is 10.3 Å². The van der Waals surface area contributed by atoms with Gasteiger partial charge in [0.2, 0.25) is 0 Å². The van der Waals surface area contributed by atoms with Gasteiger partial charge in [-0.2, -0.15) is 0 Å². The Morgan fingerprint density at radius 2 is 2.32 bits per heavy atom. The van der Waals surface area contributed by atoms with Gasteiger partial charge in [-0.05, 0) is 18.9 Å². The number of anilines is 2. The Bertz CT molecular complexity index is 424. The van der Waals surface area contributed by atoms with Crippen LogP contribution < -0.4 is 11.1 Å². The highest BCUT2D eigenvalue weighted by atomic mass is 16.5. The topological polar surface area (TPSA) is 86.5 Å². The number of carbonyl (C=O) groups is 1. The summed E-state index contributed by atoms with van der Waals surface area (Å²) in [4.78, 5) is 15.8. The number of nitrogens with one attached hydrogen (secondary N) is 1. The Morgan fingerprint density at radius 3 is 2.95 bits per heavy atom. The molecule has 6 nitrogen and oxygen atoms in total. The number of hydrogen-bond acceptors (Lipinski definition) is 6. The van der Waals surface area contributed by atoms with E-state index in [1.54, 1.807) is 20.1 Å². The van der Waals surface area contributed by atoms with Crippen molar-refractivity contribution in [2.75, 3.05) is 37.9 Å². The van der Waals surface area contributed by atoms with Gasteiger partial charge in [0.25, 0.3) is 0 Å². The molecular weight excluding hydrogens is 246 g/mol. The Labute approximate surface area is 113 Å². The van der Waals surface area contributed by atoms with Crippen LogP contribution in [0.5, 0.6) is 0 Å². The zero-order chi connectivity index (χ0) is 14.3. The van der Waals surface area contributed by atoms with Crippen LogP contribution >= 0.6 is 0 Å². The third kappa shape index (κ3) is 4.40. The number of nitrogens with two attached hydrogens (primary N) is 1. The maximum atomic E-state index is 11.7. The molecule has 0 amide bonds. The van der Waals surface area contributed by atoms with E-state index in [1.807, 2.05) is 6.92 Å². The minimum atomic E-state index is -0.435. The van der Waals surface area contributed by atoms with Crippen molar-refractivity contribution in [3.8, 4) is 0 Å². The van der Waals surface area contributed by atoms with Crippen molar-refractivity contribution in [2.24, 2.45) is 5.92 Å². The van der Waals surface area contributed by atoms with Gasteiger partial charge in [-0.15, -0.1) is 0 Å². The minimum Gasteiger partial charge on any atom is -0.462 e. The summed E-state index contributed by atoms with van der Waals surface area (Å²) >= 11 is 0. The maximum Gasteiger partial charge on any atom is 0.340 e. The van der Waals surface area contributed by atoms with Gasteiger partial charge in [0.1, 0.15) is 5.82 Å². The summed E-state index contributed by atoms with van der Waals surface area (Å²) in [5.41, 5.74) is 6.56. The monoisotopic (exact) mass is 267 g/mol. The van der Waals surface area contributed by atoms with Crippen LogP contribution in [0, 0.1) is 5.92 Å². The van der Waals surface area contributed by atoms with Gasteiger partial charge in [0.15, 0.2) is 0 Å². The van der Waals surface area contributed by atoms with Gasteiger partial charge in [0, 0.05) is 19.9 Å². The number of nitrogen functional groups attached to an aromatic ring is 1. The summed E-state index contributed by atoms with van der Waals surface area (Å²) in [5, 5.41) is 3.11. The lowest BCUT2D eigenvalue weighted by molar-refractivity contribution is 0.0527. The van der Waals surface area contributed by atoms with Gasteiger partial charge in [-0.25, -0.2) is 9.78 Å². The summed E-state index contributed by atoms with van der Waals surface area (Å²) in [6.45, 7) is 5.42. The van der Waals surface area contributed by atoms with E-state index in [4.69, 9.17) is 15.2 Å². The highest BCUT2D eigenvalue weighted by Gasteiger charge is 2.14. The highest BCUT2D eigenvalue weighted by Crippen LogP contribution is 2.21. The van der Waals surface area contributed by atoms with Crippen molar-refractivity contribution in [1.82, 2.24) is 4.98 Å². The number of carbonyl (C=O) groups excluding carboxylic acids is 1. The molecule has 0 bridgehead atoms. The average molecular weight is 267 g/mol. The van der Waals surface area contributed by atoms with Crippen molar-refractivity contribution in [2.45, 2.75) is 13.8 Å². The van der Waals surface area contributed by atoms with Gasteiger partial charge < -0.3 is 20.5 Å². The smallest absolute Gasteiger partial charge is 0.340 e. The van der Waals surface area contributed by atoms with Crippen LogP contribution in [-0.2, 0) is 9.47 Å². The van der Waals surface area contributed by atoms with E-state index in [0.29, 0.717) is 42.7 Å². The van der Waals surface area contributed by atoms with Crippen molar-refractivity contribution in [3.05, 3.63) is 17.8 Å². The van der Waals surface area contributed by atoms with E-state index in [0.717, 1.165) is 0 Å². The SMILES string of the molecule is CCOC(=O)c1ccnc(NCC(C)COC)c1N. The third-order valence-electron chi connectivity index (χ3n) is 2.55. The molecule has 1 aromatic heterocycles. The second-order valence-electron chi connectivity index (χ2n) is 4.28. The molecule has 1 unspecified atom stereocenters. The fourth-order valence-electron chi connectivity index (χ4n) is 1.62. The number of rotatable bonds is 7. The molecule has 6 heteroatoms. The largest absolute Gasteiger partial charge is 0.462 e. The molecule has 1 heterocycles. The number of ether oxygens (including phenoxy) is 2. The van der Waals surface area contributed by atoms with Crippen molar-refractivity contribution in [1.29, 1.82) is 0 Å². The molecule has 1 atom stereocenters. The van der Waals surface area contributed by atoms with Crippen molar-refractivity contribution < 1.29 is 14.3 Å². The summed E-state index contributed by atoms with van der Waals surface area (Å²) in [6, 6.07) is 1.55. The molecule has 1 rings (SSSR count). The zero-order valence-corrected chi connectivity index (χ0v) is 11.6. The number of pyridine rings is 1. The maximum absolute atomic E-state index is 11.7. The lowest BCUT2D eigenvalue weighted by atomic mass is 10.2. The van der Waals surface area contributed by atoms with Gasteiger partial charge in [-0.1, -0.05) is 6.92 Å². The Balaban J connectivity index is 2.74. The first-order valence-corrected chi connectivity index (χ1v) is 6.24. The Kier molecular flexibility index (Phi) is 6.08. The summed E-state index contributed by atoms with van der Waals surface area (Å²) in [6.07, 6.45) is 1.53. The lowest BCUT2D eigenvalue weighted by Crippen LogP contribution is -2.18. The van der Waals surface area contributed by atoms with Gasteiger partial charge in [0.05, 0.1) is 24.5 Å². The predicted molar refractivity (Wildman–Crippen MR) is 74.1 cm³/mol. The van der Waals surface area contributed by atoms with Crippen LogP contribution in [0.15, 0.2) is 12.3 Å². The number of aromatic nitrogens is 1. The molecule has 0 aromatic carbocycles. The molecule has 0 aliphatic carbocycles. The third-order valence-corrected chi connectivity index (χ3v) is 2.55. The van der Waals surface area contributed by atoms with Crippen LogP contribution in [0.3, 0.4) is 0 Å². The lowest BCUT2D eigenvalue weighted by Gasteiger charge is -2.14. The fraction of sp³-hybridized carbons (Fsp3) is 0.538. The van der Waals surface area contributed by atoms with Crippen LogP contribution in [-0.4, -0.2) is 37.8 Å². The molecule has 0 aliphatic heterocycles. The van der Waals surface area contributed by atoms with Crippen molar-refractivity contribution in [3.63, 3.8) is 0 Å². The van der Waals surface area contributed by atoms with E-state index in [-0.39, 0.29) is 0 Å². The molecule has 19 heavy (non-hydrogen) atoms. The molecule has 3 N–H and O–H groups in total. The molecule has 1 aromatic rings. The summed E-state index contributed by atoms with van der Waals surface area (Å²) in [7, 11) is 1.66. The predicted octanol–water partition coefficient (Wildman–Crippen LogP) is 1.53. The van der Waals surface area contributed by atoms with Crippen LogP contribution in [0.4, 0.5) is 11.5 Å². The molecule has 0 radical (unpaired) electrons. The fourth-order valence-corrected chi connectivity index (χ4v) is 1.62. The van der Waals surface area contributed by atoms with E-state index in [1.165, 1.54) is 6.20 Å². The minimum absolute atomic E-state index is 0.311. The molecule has 0 saturated carbocycles.